The van der Waals surface area contributed by atoms with Gasteiger partial charge in [-0.25, -0.2) is 14.8 Å². The number of imidazole rings is 1. The highest BCUT2D eigenvalue weighted by Gasteiger charge is 2.31. The second-order valence-corrected chi connectivity index (χ2v) is 11.3. The van der Waals surface area contributed by atoms with E-state index in [2.05, 4.69) is 9.97 Å². The van der Waals surface area contributed by atoms with Crippen LogP contribution >= 0.6 is 0 Å². The summed E-state index contributed by atoms with van der Waals surface area (Å²) < 4.78 is 3.34. The molecule has 3 aliphatic rings. The van der Waals surface area contributed by atoms with E-state index in [0.29, 0.717) is 30.0 Å². The largest absolute Gasteiger partial charge is 0.354 e. The van der Waals surface area contributed by atoms with E-state index in [-0.39, 0.29) is 35.3 Å². The van der Waals surface area contributed by atoms with Crippen LogP contribution in [0.25, 0.3) is 22.6 Å². The Balaban J connectivity index is 1.39. The van der Waals surface area contributed by atoms with Gasteiger partial charge in [0.25, 0.3) is 5.56 Å². The maximum atomic E-state index is 13.9. The van der Waals surface area contributed by atoms with Crippen molar-refractivity contribution < 1.29 is 4.79 Å². The number of anilines is 1. The Hall–Kier alpha value is -3.43. The lowest BCUT2D eigenvalue weighted by Gasteiger charge is -2.28. The van der Waals surface area contributed by atoms with Crippen LogP contribution < -0.4 is 16.1 Å². The molecule has 2 saturated carbocycles. The first-order chi connectivity index (χ1) is 18.4. The summed E-state index contributed by atoms with van der Waals surface area (Å²) in [4.78, 5) is 56.1. The fourth-order valence-electron chi connectivity index (χ4n) is 6.59. The molecule has 38 heavy (non-hydrogen) atoms. The zero-order valence-corrected chi connectivity index (χ0v) is 22.4. The van der Waals surface area contributed by atoms with Gasteiger partial charge in [0.1, 0.15) is 17.2 Å². The van der Waals surface area contributed by atoms with Crippen molar-refractivity contribution in [3.63, 3.8) is 0 Å². The molecule has 1 unspecified atom stereocenters. The SMILES string of the molecule is CN1CC(N(C)c2ccc(-c3nc4c([nH]3)c(=O)n(C3CCCCC3)c(=O)n4C3CCCCC3)cn2)CC1=O. The zero-order valence-electron chi connectivity index (χ0n) is 22.4. The normalized spacial score (nSPS) is 21.5. The van der Waals surface area contributed by atoms with Crippen molar-refractivity contribution in [1.29, 1.82) is 0 Å². The summed E-state index contributed by atoms with van der Waals surface area (Å²) in [5.74, 6) is 1.46. The number of H-pyrrole nitrogens is 1. The highest BCUT2D eigenvalue weighted by molar-refractivity contribution is 5.80. The van der Waals surface area contributed by atoms with Gasteiger partial charge >= 0.3 is 5.69 Å². The van der Waals surface area contributed by atoms with Gasteiger partial charge in [0.15, 0.2) is 5.65 Å². The summed E-state index contributed by atoms with van der Waals surface area (Å²) in [6, 6.07) is 3.94. The molecule has 1 N–H and O–H groups in total. The molecular formula is C28H37N7O3. The molecule has 3 fully saturated rings. The first kappa shape index (κ1) is 24.9. The van der Waals surface area contributed by atoms with Gasteiger partial charge in [-0.05, 0) is 37.8 Å². The van der Waals surface area contributed by atoms with Gasteiger partial charge in [-0.15, -0.1) is 0 Å². The fourth-order valence-corrected chi connectivity index (χ4v) is 6.59. The number of nitrogens with one attached hydrogen (secondary N) is 1. The first-order valence-corrected chi connectivity index (χ1v) is 14.1. The molecular weight excluding hydrogens is 482 g/mol. The average Bonchev–Trinajstić information content (AvgIpc) is 3.53. The van der Waals surface area contributed by atoms with Gasteiger partial charge in [-0.3, -0.25) is 18.7 Å². The quantitative estimate of drug-likeness (QED) is 0.551. The number of fused-ring (bicyclic) bond motifs is 1. The number of rotatable bonds is 5. The van der Waals surface area contributed by atoms with Gasteiger partial charge in [0.05, 0.1) is 6.04 Å². The third kappa shape index (κ3) is 4.33. The van der Waals surface area contributed by atoms with Crippen LogP contribution in [-0.4, -0.2) is 61.6 Å². The maximum absolute atomic E-state index is 13.9. The van der Waals surface area contributed by atoms with E-state index in [1.165, 1.54) is 11.0 Å². The topological polar surface area (TPSA) is 109 Å². The summed E-state index contributed by atoms with van der Waals surface area (Å²) in [6.45, 7) is 0.675. The monoisotopic (exact) mass is 519 g/mol. The fraction of sp³-hybridized carbons (Fsp3) is 0.607. The Morgan fingerprint density at radius 2 is 1.58 bits per heavy atom. The molecule has 2 aliphatic carbocycles. The maximum Gasteiger partial charge on any atom is 0.333 e. The van der Waals surface area contributed by atoms with E-state index in [1.807, 2.05) is 35.7 Å². The smallest absolute Gasteiger partial charge is 0.333 e. The van der Waals surface area contributed by atoms with Crippen molar-refractivity contribution in [2.24, 2.45) is 0 Å². The molecule has 0 aromatic carbocycles. The Labute approximate surface area is 221 Å². The average molecular weight is 520 g/mol. The van der Waals surface area contributed by atoms with Crippen LogP contribution in [0, 0.1) is 0 Å². The predicted octanol–water partition coefficient (Wildman–Crippen LogP) is 3.63. The molecule has 1 atom stereocenters. The van der Waals surface area contributed by atoms with Crippen LogP contribution in [0.2, 0.25) is 0 Å². The number of hydrogen-bond donors (Lipinski definition) is 1. The van der Waals surface area contributed by atoms with Crippen molar-refractivity contribution in [2.45, 2.75) is 88.8 Å². The van der Waals surface area contributed by atoms with E-state index >= 15 is 0 Å². The summed E-state index contributed by atoms with van der Waals surface area (Å²) in [6.07, 6.45) is 12.4. The van der Waals surface area contributed by atoms with Crippen LogP contribution in [0.5, 0.6) is 0 Å². The Morgan fingerprint density at radius 1 is 0.921 bits per heavy atom. The molecule has 4 heterocycles. The zero-order chi connectivity index (χ0) is 26.4. The summed E-state index contributed by atoms with van der Waals surface area (Å²) in [7, 11) is 3.78. The van der Waals surface area contributed by atoms with E-state index in [0.717, 1.165) is 69.2 Å². The van der Waals surface area contributed by atoms with E-state index in [9.17, 15) is 14.4 Å². The number of carbonyl (C=O) groups excluding carboxylic acids is 1. The van der Waals surface area contributed by atoms with Crippen LogP contribution in [0.1, 0.15) is 82.7 Å². The van der Waals surface area contributed by atoms with Gasteiger partial charge < -0.3 is 14.8 Å². The molecule has 1 amide bonds. The van der Waals surface area contributed by atoms with Gasteiger partial charge in [-0.1, -0.05) is 38.5 Å². The third-order valence-corrected chi connectivity index (χ3v) is 8.89. The molecule has 10 nitrogen and oxygen atoms in total. The molecule has 202 valence electrons. The minimum absolute atomic E-state index is 0.0484. The lowest BCUT2D eigenvalue weighted by Crippen LogP contribution is -2.44. The van der Waals surface area contributed by atoms with E-state index in [1.54, 1.807) is 11.1 Å². The van der Waals surface area contributed by atoms with Crippen LogP contribution in [0.15, 0.2) is 27.9 Å². The highest BCUT2D eigenvalue weighted by atomic mass is 16.2. The second kappa shape index (κ2) is 10.0. The van der Waals surface area contributed by atoms with Crippen LogP contribution in [-0.2, 0) is 4.79 Å². The minimum atomic E-state index is -0.262. The van der Waals surface area contributed by atoms with E-state index in [4.69, 9.17) is 4.98 Å². The summed E-state index contributed by atoms with van der Waals surface area (Å²) in [5.41, 5.74) is 1.16. The number of carbonyl (C=O) groups is 1. The lowest BCUT2D eigenvalue weighted by atomic mass is 9.94. The minimum Gasteiger partial charge on any atom is -0.354 e. The molecule has 10 heteroatoms. The molecule has 3 aromatic rings. The van der Waals surface area contributed by atoms with Crippen molar-refractivity contribution in [3.8, 4) is 11.4 Å². The van der Waals surface area contributed by atoms with E-state index < -0.39 is 0 Å². The Bertz CT molecular complexity index is 1440. The van der Waals surface area contributed by atoms with Gasteiger partial charge in [-0.2, -0.15) is 0 Å². The first-order valence-electron chi connectivity index (χ1n) is 14.1. The number of pyridine rings is 1. The van der Waals surface area contributed by atoms with Gasteiger partial charge in [0, 0.05) is 50.9 Å². The predicted molar refractivity (Wildman–Crippen MR) is 147 cm³/mol. The van der Waals surface area contributed by atoms with Crippen molar-refractivity contribution in [3.05, 3.63) is 39.2 Å². The van der Waals surface area contributed by atoms with Gasteiger partial charge in [0.2, 0.25) is 5.91 Å². The van der Waals surface area contributed by atoms with Crippen LogP contribution in [0.4, 0.5) is 5.82 Å². The summed E-state index contributed by atoms with van der Waals surface area (Å²) >= 11 is 0. The Morgan fingerprint density at radius 3 is 2.16 bits per heavy atom. The van der Waals surface area contributed by atoms with Crippen molar-refractivity contribution in [2.75, 3.05) is 25.5 Å². The molecule has 1 aliphatic heterocycles. The molecule has 3 aromatic heterocycles. The molecule has 0 bridgehead atoms. The van der Waals surface area contributed by atoms with Crippen LogP contribution in [0.3, 0.4) is 0 Å². The molecule has 6 rings (SSSR count). The molecule has 0 spiro atoms. The van der Waals surface area contributed by atoms with Crippen molar-refractivity contribution >= 4 is 22.9 Å². The number of aromatic nitrogens is 5. The third-order valence-electron chi connectivity index (χ3n) is 8.89. The number of aromatic amines is 1. The highest BCUT2D eigenvalue weighted by Crippen LogP contribution is 2.31. The second-order valence-electron chi connectivity index (χ2n) is 11.3. The number of likely N-dealkylation sites (N-methyl/N-ethyl adjacent to an activating group) is 2. The van der Waals surface area contributed by atoms with Crippen molar-refractivity contribution in [1.82, 2.24) is 29.0 Å². The lowest BCUT2D eigenvalue weighted by molar-refractivity contribution is -0.126. The number of nitrogens with zero attached hydrogens (tertiary/aromatic N) is 6. The number of hydrogen-bond acceptors (Lipinski definition) is 6. The number of likely N-dealkylation sites (tertiary alicyclic amines) is 1. The molecule has 1 saturated heterocycles. The molecule has 0 radical (unpaired) electrons. The summed E-state index contributed by atoms with van der Waals surface area (Å²) in [5, 5.41) is 0. The Kier molecular flexibility index (Phi) is 6.57. The number of amides is 1. The standard InChI is InChI=1S/C28H37N7O3/c1-32-17-21(15-23(32)36)33(2)22-14-13-18(16-29-22)25-30-24-26(31-25)34(19-9-5-3-6-10-19)28(38)35(27(24)37)20-11-7-4-8-12-20/h13-14,16,19-21H,3-12,15,17H2,1-2H3,(H,30,31).